The fourth-order valence-corrected chi connectivity index (χ4v) is 4.56. The van der Waals surface area contributed by atoms with Gasteiger partial charge in [-0.25, -0.2) is 4.79 Å². The molecule has 31 heavy (non-hydrogen) atoms. The van der Waals surface area contributed by atoms with Crippen LogP contribution in [0.25, 0.3) is 11.0 Å². The Kier molecular flexibility index (Phi) is 7.22. The van der Waals surface area contributed by atoms with Crippen LogP contribution in [-0.2, 0) is 15.9 Å². The monoisotopic (exact) mass is 426 g/mol. The summed E-state index contributed by atoms with van der Waals surface area (Å²) in [6, 6.07) is 4.67. The number of hydrogen-bond acceptors (Lipinski definition) is 6. The van der Waals surface area contributed by atoms with E-state index in [1.165, 1.54) is 11.3 Å². The minimum atomic E-state index is -0.281. The number of aromatic nitrogens is 2. The molecule has 1 amide bonds. The predicted molar refractivity (Wildman–Crippen MR) is 121 cm³/mol. The molecular weight excluding hydrogens is 392 g/mol. The number of morpholine rings is 1. The van der Waals surface area contributed by atoms with E-state index in [-0.39, 0.29) is 12.1 Å². The molecule has 1 aromatic carbocycles. The van der Waals surface area contributed by atoms with E-state index >= 15 is 0 Å². The fourth-order valence-electron chi connectivity index (χ4n) is 4.56. The predicted octanol–water partition coefficient (Wildman–Crippen LogP) is 3.95. The van der Waals surface area contributed by atoms with Gasteiger partial charge in [0.25, 0.3) is 0 Å². The normalized spacial score (nSPS) is 22.0. The number of carbonyl (C=O) groups excluding carboxylic acids is 1. The lowest BCUT2D eigenvalue weighted by Crippen LogP contribution is -2.38. The van der Waals surface area contributed by atoms with Crippen molar-refractivity contribution in [1.29, 1.82) is 0 Å². The van der Waals surface area contributed by atoms with Crippen LogP contribution < -0.4 is 10.2 Å². The SMILES string of the molecule is CC(C)COC(=O)NC1CCC(Cc2cc(N3CCOCC3)cc3nccnc23)CC1. The highest BCUT2D eigenvalue weighted by Gasteiger charge is 2.24. The lowest BCUT2D eigenvalue weighted by Gasteiger charge is -2.31. The summed E-state index contributed by atoms with van der Waals surface area (Å²) in [6.07, 6.45) is 8.45. The number of benzene rings is 1. The van der Waals surface area contributed by atoms with Gasteiger partial charge in [0.15, 0.2) is 0 Å². The van der Waals surface area contributed by atoms with Crippen LogP contribution in [0.4, 0.5) is 10.5 Å². The molecule has 7 nitrogen and oxygen atoms in total. The topological polar surface area (TPSA) is 76.6 Å². The number of fused-ring (bicyclic) bond motifs is 1. The second-order valence-corrected chi connectivity index (χ2v) is 9.19. The Morgan fingerprint density at radius 3 is 2.65 bits per heavy atom. The third kappa shape index (κ3) is 5.85. The zero-order valence-corrected chi connectivity index (χ0v) is 18.7. The first-order chi connectivity index (χ1) is 15.1. The first kappa shape index (κ1) is 21.8. The van der Waals surface area contributed by atoms with Crippen LogP contribution in [0.1, 0.15) is 45.1 Å². The Labute approximate surface area is 184 Å². The average Bonchev–Trinajstić information content (AvgIpc) is 2.79. The highest BCUT2D eigenvalue weighted by Crippen LogP contribution is 2.31. The van der Waals surface area contributed by atoms with Gasteiger partial charge in [0.1, 0.15) is 0 Å². The lowest BCUT2D eigenvalue weighted by molar-refractivity contribution is 0.122. The Bertz CT molecular complexity index is 874. The smallest absolute Gasteiger partial charge is 0.407 e. The Morgan fingerprint density at radius 1 is 1.16 bits per heavy atom. The standard InChI is InChI=1S/C24H34N4O3/c1-17(2)16-31-24(29)27-20-5-3-18(4-6-20)13-19-14-21(28-9-11-30-12-10-28)15-22-23(19)26-8-7-25-22/h7-8,14-15,17-18,20H,3-6,9-13,16H2,1-2H3,(H,27,29). The Hall–Kier alpha value is -2.41. The fraction of sp³-hybridized carbons (Fsp3) is 0.625. The summed E-state index contributed by atoms with van der Waals surface area (Å²) in [5.74, 6) is 0.947. The molecule has 1 saturated carbocycles. The molecule has 1 saturated heterocycles. The molecule has 0 unspecified atom stereocenters. The zero-order valence-electron chi connectivity index (χ0n) is 18.7. The summed E-state index contributed by atoms with van der Waals surface area (Å²) in [5, 5.41) is 3.04. The second kappa shape index (κ2) is 10.3. The molecule has 1 N–H and O–H groups in total. The number of amides is 1. The number of hydrogen-bond donors (Lipinski definition) is 1. The number of rotatable bonds is 6. The molecule has 1 aliphatic carbocycles. The van der Waals surface area contributed by atoms with E-state index in [0.717, 1.165) is 69.4 Å². The van der Waals surface area contributed by atoms with Crippen molar-refractivity contribution in [2.24, 2.45) is 11.8 Å². The molecule has 4 rings (SSSR count). The van der Waals surface area contributed by atoms with Crippen molar-refractivity contribution in [2.75, 3.05) is 37.8 Å². The maximum Gasteiger partial charge on any atom is 0.407 e. The van der Waals surface area contributed by atoms with E-state index in [1.54, 1.807) is 12.4 Å². The molecule has 2 aliphatic rings. The van der Waals surface area contributed by atoms with Crippen LogP contribution in [0.2, 0.25) is 0 Å². The third-order valence-corrected chi connectivity index (χ3v) is 6.24. The van der Waals surface area contributed by atoms with Crippen LogP contribution in [0, 0.1) is 11.8 Å². The van der Waals surface area contributed by atoms with Gasteiger partial charge in [-0.2, -0.15) is 0 Å². The van der Waals surface area contributed by atoms with E-state index in [2.05, 4.69) is 32.3 Å². The molecule has 0 atom stereocenters. The number of nitrogens with one attached hydrogen (secondary N) is 1. The molecule has 0 radical (unpaired) electrons. The largest absolute Gasteiger partial charge is 0.449 e. The summed E-state index contributed by atoms with van der Waals surface area (Å²) < 4.78 is 10.8. The molecule has 168 valence electrons. The van der Waals surface area contributed by atoms with Crippen molar-refractivity contribution in [2.45, 2.75) is 52.0 Å². The third-order valence-electron chi connectivity index (χ3n) is 6.24. The van der Waals surface area contributed by atoms with E-state index in [9.17, 15) is 4.79 Å². The quantitative estimate of drug-likeness (QED) is 0.754. The first-order valence-electron chi connectivity index (χ1n) is 11.6. The van der Waals surface area contributed by atoms with Crippen molar-refractivity contribution in [3.05, 3.63) is 30.1 Å². The Balaban J connectivity index is 1.39. The first-order valence-corrected chi connectivity index (χ1v) is 11.6. The van der Waals surface area contributed by atoms with Gasteiger partial charge in [0, 0.05) is 37.2 Å². The summed E-state index contributed by atoms with van der Waals surface area (Å²) >= 11 is 0. The molecule has 1 aliphatic heterocycles. The van der Waals surface area contributed by atoms with Crippen LogP contribution in [-0.4, -0.2) is 55.0 Å². The van der Waals surface area contributed by atoms with Gasteiger partial charge < -0.3 is 19.7 Å². The number of ether oxygens (including phenoxy) is 2. The summed E-state index contributed by atoms with van der Waals surface area (Å²) in [7, 11) is 0. The molecule has 2 aromatic rings. The molecule has 7 heteroatoms. The van der Waals surface area contributed by atoms with Crippen molar-refractivity contribution in [3.63, 3.8) is 0 Å². The van der Waals surface area contributed by atoms with Gasteiger partial charge >= 0.3 is 6.09 Å². The summed E-state index contributed by atoms with van der Waals surface area (Å²) in [5.41, 5.74) is 4.47. The van der Waals surface area contributed by atoms with Crippen LogP contribution >= 0.6 is 0 Å². The maximum atomic E-state index is 12.0. The Morgan fingerprint density at radius 2 is 1.90 bits per heavy atom. The van der Waals surface area contributed by atoms with Gasteiger partial charge in [0.2, 0.25) is 0 Å². The van der Waals surface area contributed by atoms with Crippen molar-refractivity contribution >= 4 is 22.8 Å². The van der Waals surface area contributed by atoms with Gasteiger partial charge in [0.05, 0.1) is 30.9 Å². The van der Waals surface area contributed by atoms with E-state index in [1.807, 2.05) is 13.8 Å². The molecule has 0 spiro atoms. The molecule has 2 heterocycles. The molecule has 1 aromatic heterocycles. The van der Waals surface area contributed by atoms with Crippen LogP contribution in [0.15, 0.2) is 24.5 Å². The minimum absolute atomic E-state index is 0.215. The second-order valence-electron chi connectivity index (χ2n) is 9.19. The number of nitrogens with zero attached hydrogens (tertiary/aromatic N) is 3. The van der Waals surface area contributed by atoms with Gasteiger partial charge in [-0.05, 0) is 61.6 Å². The van der Waals surface area contributed by atoms with Crippen molar-refractivity contribution < 1.29 is 14.3 Å². The van der Waals surface area contributed by atoms with Gasteiger partial charge in [-0.15, -0.1) is 0 Å². The summed E-state index contributed by atoms with van der Waals surface area (Å²) in [6.45, 7) is 7.91. The highest BCUT2D eigenvalue weighted by molar-refractivity contribution is 5.82. The van der Waals surface area contributed by atoms with Gasteiger partial charge in [-0.1, -0.05) is 13.8 Å². The minimum Gasteiger partial charge on any atom is -0.449 e. The van der Waals surface area contributed by atoms with Crippen LogP contribution in [0.5, 0.6) is 0 Å². The molecule has 0 bridgehead atoms. The van der Waals surface area contributed by atoms with E-state index in [0.29, 0.717) is 18.4 Å². The highest BCUT2D eigenvalue weighted by atomic mass is 16.5. The lowest BCUT2D eigenvalue weighted by atomic mass is 9.82. The molecule has 2 fully saturated rings. The van der Waals surface area contributed by atoms with Crippen molar-refractivity contribution in [3.8, 4) is 0 Å². The van der Waals surface area contributed by atoms with Gasteiger partial charge in [-0.3, -0.25) is 9.97 Å². The van der Waals surface area contributed by atoms with Crippen LogP contribution in [0.3, 0.4) is 0 Å². The zero-order chi connectivity index (χ0) is 21.6. The average molecular weight is 427 g/mol. The van der Waals surface area contributed by atoms with Crippen molar-refractivity contribution in [1.82, 2.24) is 15.3 Å². The summed E-state index contributed by atoms with van der Waals surface area (Å²) in [4.78, 5) is 23.6. The van der Waals surface area contributed by atoms with E-state index in [4.69, 9.17) is 9.47 Å². The number of carbonyl (C=O) groups is 1. The number of alkyl carbamates (subject to hydrolysis) is 1. The number of anilines is 1. The maximum absolute atomic E-state index is 12.0. The molecular formula is C24H34N4O3. The van der Waals surface area contributed by atoms with E-state index < -0.39 is 0 Å².